The van der Waals surface area contributed by atoms with Crippen LogP contribution in [0.1, 0.15) is 52.4 Å². The summed E-state index contributed by atoms with van der Waals surface area (Å²) >= 11 is 2.01. The molecule has 0 spiro atoms. The largest absolute Gasteiger partial charge is 0.123 e. The second kappa shape index (κ2) is 8.69. The molecule has 1 aromatic carbocycles. The predicted molar refractivity (Wildman–Crippen MR) is 75.1 cm³/mol. The van der Waals surface area contributed by atoms with Crippen LogP contribution < -0.4 is 0 Å². The van der Waals surface area contributed by atoms with E-state index in [0.29, 0.717) is 0 Å². The lowest BCUT2D eigenvalue weighted by Crippen LogP contribution is -1.95. The molecule has 0 aliphatic heterocycles. The van der Waals surface area contributed by atoms with Gasteiger partial charge in [0.15, 0.2) is 0 Å². The van der Waals surface area contributed by atoms with Crippen molar-refractivity contribution in [2.24, 2.45) is 0 Å². The SMILES string of the molecule is CCCCCCCC(C)Sc1ccccc1. The molecule has 0 N–H and O–H groups in total. The highest BCUT2D eigenvalue weighted by Crippen LogP contribution is 2.26. The van der Waals surface area contributed by atoms with Gasteiger partial charge in [0.2, 0.25) is 0 Å². The van der Waals surface area contributed by atoms with Gasteiger partial charge in [-0.3, -0.25) is 0 Å². The molecule has 0 bridgehead atoms. The molecule has 0 amide bonds. The minimum Gasteiger partial charge on any atom is -0.123 e. The third kappa shape index (κ3) is 6.22. The summed E-state index contributed by atoms with van der Waals surface area (Å²) in [5.74, 6) is 0. The molecule has 90 valence electrons. The van der Waals surface area contributed by atoms with E-state index in [9.17, 15) is 0 Å². The van der Waals surface area contributed by atoms with E-state index in [2.05, 4.69) is 44.2 Å². The molecule has 0 aliphatic rings. The first-order chi connectivity index (χ1) is 7.83. The summed E-state index contributed by atoms with van der Waals surface area (Å²) in [5.41, 5.74) is 0. The highest BCUT2D eigenvalue weighted by molar-refractivity contribution is 7.99. The molecule has 0 aliphatic carbocycles. The van der Waals surface area contributed by atoms with Crippen molar-refractivity contribution in [3.8, 4) is 0 Å². The van der Waals surface area contributed by atoms with Gasteiger partial charge in [0.05, 0.1) is 0 Å². The second-order valence-corrected chi connectivity index (χ2v) is 5.96. The summed E-state index contributed by atoms with van der Waals surface area (Å²) in [6.07, 6.45) is 8.31. The molecular weight excluding hydrogens is 212 g/mol. The number of unbranched alkanes of at least 4 members (excludes halogenated alkanes) is 4. The van der Waals surface area contributed by atoms with Crippen LogP contribution in [0.5, 0.6) is 0 Å². The molecular formula is C15H24S. The zero-order chi connectivity index (χ0) is 11.6. The van der Waals surface area contributed by atoms with Crippen molar-refractivity contribution in [3.63, 3.8) is 0 Å². The molecule has 16 heavy (non-hydrogen) atoms. The minimum atomic E-state index is 0.754. The van der Waals surface area contributed by atoms with Crippen LogP contribution in [0.15, 0.2) is 35.2 Å². The van der Waals surface area contributed by atoms with Crippen molar-refractivity contribution < 1.29 is 0 Å². The smallest absolute Gasteiger partial charge is 0.00746 e. The first-order valence-electron chi connectivity index (χ1n) is 6.54. The van der Waals surface area contributed by atoms with Crippen LogP contribution in [-0.4, -0.2) is 5.25 Å². The van der Waals surface area contributed by atoms with Crippen LogP contribution in [0, 0.1) is 0 Å². The Morgan fingerprint density at radius 1 is 1.00 bits per heavy atom. The van der Waals surface area contributed by atoms with Crippen LogP contribution in [0.3, 0.4) is 0 Å². The van der Waals surface area contributed by atoms with E-state index in [4.69, 9.17) is 0 Å². The highest BCUT2D eigenvalue weighted by atomic mass is 32.2. The predicted octanol–water partition coefficient (Wildman–Crippen LogP) is 5.53. The van der Waals surface area contributed by atoms with E-state index in [1.807, 2.05) is 11.8 Å². The Bertz CT molecular complexity index is 255. The van der Waals surface area contributed by atoms with Gasteiger partial charge in [-0.25, -0.2) is 0 Å². The fourth-order valence-electron chi connectivity index (χ4n) is 1.83. The van der Waals surface area contributed by atoms with Gasteiger partial charge in [-0.1, -0.05) is 64.2 Å². The zero-order valence-corrected chi connectivity index (χ0v) is 11.4. The fourth-order valence-corrected chi connectivity index (χ4v) is 2.89. The summed E-state index contributed by atoms with van der Waals surface area (Å²) in [5, 5.41) is 0.754. The Morgan fingerprint density at radius 2 is 1.69 bits per heavy atom. The molecule has 0 radical (unpaired) electrons. The lowest BCUT2D eigenvalue weighted by Gasteiger charge is -2.10. The average Bonchev–Trinajstić information content (AvgIpc) is 2.30. The van der Waals surface area contributed by atoms with Gasteiger partial charge in [0.1, 0.15) is 0 Å². The number of benzene rings is 1. The monoisotopic (exact) mass is 236 g/mol. The van der Waals surface area contributed by atoms with Crippen LogP contribution in [0.4, 0.5) is 0 Å². The van der Waals surface area contributed by atoms with Gasteiger partial charge in [-0.05, 0) is 18.6 Å². The van der Waals surface area contributed by atoms with Gasteiger partial charge < -0.3 is 0 Å². The Hall–Kier alpha value is -0.430. The third-order valence-corrected chi connectivity index (χ3v) is 3.98. The van der Waals surface area contributed by atoms with E-state index in [1.165, 1.54) is 43.4 Å². The Morgan fingerprint density at radius 3 is 2.38 bits per heavy atom. The fraction of sp³-hybridized carbons (Fsp3) is 0.600. The second-order valence-electron chi connectivity index (χ2n) is 4.44. The summed E-state index contributed by atoms with van der Waals surface area (Å²) in [6.45, 7) is 4.62. The van der Waals surface area contributed by atoms with Gasteiger partial charge in [0.25, 0.3) is 0 Å². The first kappa shape index (κ1) is 13.6. The maximum Gasteiger partial charge on any atom is 0.00746 e. The molecule has 0 saturated heterocycles. The maximum atomic E-state index is 2.34. The molecule has 0 saturated carbocycles. The molecule has 0 aromatic heterocycles. The summed E-state index contributed by atoms with van der Waals surface area (Å²) < 4.78 is 0. The summed E-state index contributed by atoms with van der Waals surface area (Å²) in [4.78, 5) is 1.41. The van der Waals surface area contributed by atoms with E-state index in [-0.39, 0.29) is 0 Å². The maximum absolute atomic E-state index is 2.34. The zero-order valence-electron chi connectivity index (χ0n) is 10.6. The molecule has 1 atom stereocenters. The van der Waals surface area contributed by atoms with E-state index in [1.54, 1.807) is 0 Å². The molecule has 1 aromatic rings. The first-order valence-corrected chi connectivity index (χ1v) is 7.42. The van der Waals surface area contributed by atoms with Crippen LogP contribution in [-0.2, 0) is 0 Å². The standard InChI is InChI=1S/C15H24S/c1-3-4-5-6-8-11-14(2)16-15-12-9-7-10-13-15/h7,9-10,12-14H,3-6,8,11H2,1-2H3. The Balaban J connectivity index is 2.09. The topological polar surface area (TPSA) is 0 Å². The quantitative estimate of drug-likeness (QED) is 0.422. The summed E-state index contributed by atoms with van der Waals surface area (Å²) in [6, 6.07) is 10.7. The average molecular weight is 236 g/mol. The normalized spacial score (nSPS) is 12.6. The van der Waals surface area contributed by atoms with Crippen LogP contribution in [0.25, 0.3) is 0 Å². The molecule has 0 fully saturated rings. The van der Waals surface area contributed by atoms with Crippen molar-refractivity contribution in [2.45, 2.75) is 62.5 Å². The van der Waals surface area contributed by atoms with Gasteiger partial charge in [-0.2, -0.15) is 0 Å². The van der Waals surface area contributed by atoms with Crippen LogP contribution >= 0.6 is 11.8 Å². The van der Waals surface area contributed by atoms with Crippen LogP contribution in [0.2, 0.25) is 0 Å². The number of hydrogen-bond donors (Lipinski definition) is 0. The van der Waals surface area contributed by atoms with Crippen molar-refractivity contribution in [1.82, 2.24) is 0 Å². The van der Waals surface area contributed by atoms with E-state index < -0.39 is 0 Å². The van der Waals surface area contributed by atoms with Crippen molar-refractivity contribution in [3.05, 3.63) is 30.3 Å². The Kier molecular flexibility index (Phi) is 7.41. The lowest BCUT2D eigenvalue weighted by molar-refractivity contribution is 0.606. The lowest BCUT2D eigenvalue weighted by atomic mass is 10.1. The Labute approximate surface area is 105 Å². The number of thioether (sulfide) groups is 1. The molecule has 0 nitrogen and oxygen atoms in total. The highest BCUT2D eigenvalue weighted by Gasteiger charge is 2.03. The van der Waals surface area contributed by atoms with Gasteiger partial charge in [-0.15, -0.1) is 11.8 Å². The molecule has 0 heterocycles. The number of rotatable bonds is 8. The number of hydrogen-bond acceptors (Lipinski definition) is 1. The molecule has 1 rings (SSSR count). The third-order valence-electron chi connectivity index (χ3n) is 2.79. The van der Waals surface area contributed by atoms with Gasteiger partial charge in [0, 0.05) is 10.1 Å². The van der Waals surface area contributed by atoms with Gasteiger partial charge >= 0.3 is 0 Å². The van der Waals surface area contributed by atoms with Crippen molar-refractivity contribution >= 4 is 11.8 Å². The van der Waals surface area contributed by atoms with Crippen molar-refractivity contribution in [2.75, 3.05) is 0 Å². The van der Waals surface area contributed by atoms with Crippen molar-refractivity contribution in [1.29, 1.82) is 0 Å². The van der Waals surface area contributed by atoms with E-state index >= 15 is 0 Å². The summed E-state index contributed by atoms with van der Waals surface area (Å²) in [7, 11) is 0. The minimum absolute atomic E-state index is 0.754. The molecule has 1 heteroatoms. The molecule has 1 unspecified atom stereocenters. The van der Waals surface area contributed by atoms with E-state index in [0.717, 1.165) is 5.25 Å².